The van der Waals surface area contributed by atoms with Crippen LogP contribution in [0, 0.1) is 32.4 Å². The van der Waals surface area contributed by atoms with Crippen molar-refractivity contribution in [1.82, 2.24) is 19.7 Å². The van der Waals surface area contributed by atoms with Crippen molar-refractivity contribution in [2.75, 3.05) is 11.4 Å². The van der Waals surface area contributed by atoms with Crippen LogP contribution in [0.1, 0.15) is 33.5 Å². The summed E-state index contributed by atoms with van der Waals surface area (Å²) in [5.74, 6) is -1.60. The van der Waals surface area contributed by atoms with Crippen LogP contribution in [0.3, 0.4) is 0 Å². The molecule has 5 aromatic rings. The summed E-state index contributed by atoms with van der Waals surface area (Å²) in [6.45, 7) is 6.11. The number of H-pyrrole nitrogens is 1. The van der Waals surface area contributed by atoms with Crippen molar-refractivity contribution in [3.8, 4) is 16.9 Å². The number of hydrogen-bond donors (Lipinski definition) is 1. The number of anilines is 1. The topological polar surface area (TPSA) is 49.7 Å². The number of alkyl halides is 3. The Morgan fingerprint density at radius 2 is 1.72 bits per heavy atom. The molecule has 5 nitrogen and oxygen atoms in total. The predicted octanol–water partition coefficient (Wildman–Crippen LogP) is 7.20. The van der Waals surface area contributed by atoms with Crippen molar-refractivity contribution in [3.05, 3.63) is 93.9 Å². The molecule has 1 aliphatic rings. The van der Waals surface area contributed by atoms with Crippen molar-refractivity contribution >= 4 is 16.7 Å². The molecule has 4 heterocycles. The molecule has 0 spiro atoms. The van der Waals surface area contributed by atoms with Crippen LogP contribution in [0.5, 0.6) is 0 Å². The second kappa shape index (κ2) is 8.93. The second-order valence-corrected chi connectivity index (χ2v) is 9.92. The van der Waals surface area contributed by atoms with E-state index in [1.807, 2.05) is 42.8 Å². The van der Waals surface area contributed by atoms with Crippen molar-refractivity contribution < 1.29 is 22.0 Å². The van der Waals surface area contributed by atoms with Crippen LogP contribution >= 0.6 is 0 Å². The SMILES string of the molecule is Cc1cccc(C)c1-n1nc2c(c1-c1cc(F)c(C)c3[nH]ccc13)CN(c1ncc(C(F)(F)F)cc1F)CC2. The third-order valence-electron chi connectivity index (χ3n) is 7.43. The molecule has 10 heteroatoms. The van der Waals surface area contributed by atoms with Gasteiger partial charge in [-0.3, -0.25) is 0 Å². The number of aromatic nitrogens is 4. The average Bonchev–Trinajstić information content (AvgIpc) is 3.51. The van der Waals surface area contributed by atoms with Crippen LogP contribution in [0.2, 0.25) is 0 Å². The first-order valence-corrected chi connectivity index (χ1v) is 12.5. The van der Waals surface area contributed by atoms with Crippen LogP contribution < -0.4 is 4.90 Å². The average molecular weight is 538 g/mol. The van der Waals surface area contributed by atoms with Crippen molar-refractivity contribution in [1.29, 1.82) is 0 Å². The van der Waals surface area contributed by atoms with Gasteiger partial charge in [0, 0.05) is 54.0 Å². The number of fused-ring (bicyclic) bond motifs is 2. The highest BCUT2D eigenvalue weighted by molar-refractivity contribution is 5.97. The molecule has 0 saturated carbocycles. The normalized spacial score (nSPS) is 13.8. The molecule has 0 aliphatic carbocycles. The summed E-state index contributed by atoms with van der Waals surface area (Å²) in [6.07, 6.45) is -1.89. The zero-order chi connectivity index (χ0) is 27.6. The summed E-state index contributed by atoms with van der Waals surface area (Å²) < 4.78 is 71.3. The Balaban J connectivity index is 1.57. The van der Waals surface area contributed by atoms with Gasteiger partial charge in [-0.2, -0.15) is 18.3 Å². The summed E-state index contributed by atoms with van der Waals surface area (Å²) in [4.78, 5) is 8.57. The Hall–Kier alpha value is -4.21. The van der Waals surface area contributed by atoms with Gasteiger partial charge in [-0.05, 0) is 50.1 Å². The minimum atomic E-state index is -4.70. The smallest absolute Gasteiger partial charge is 0.361 e. The van der Waals surface area contributed by atoms with Gasteiger partial charge in [-0.25, -0.2) is 18.4 Å². The highest BCUT2D eigenvalue weighted by Gasteiger charge is 2.34. The molecule has 0 bridgehead atoms. The van der Waals surface area contributed by atoms with Gasteiger partial charge in [0.2, 0.25) is 0 Å². The van der Waals surface area contributed by atoms with Gasteiger partial charge in [0.1, 0.15) is 5.82 Å². The van der Waals surface area contributed by atoms with E-state index in [9.17, 15) is 17.6 Å². The number of nitrogens with zero attached hydrogens (tertiary/aromatic N) is 4. The lowest BCUT2D eigenvalue weighted by molar-refractivity contribution is -0.138. The van der Waals surface area contributed by atoms with Crippen LogP contribution in [0.25, 0.3) is 27.8 Å². The number of pyridine rings is 1. The van der Waals surface area contributed by atoms with E-state index in [1.54, 1.807) is 18.0 Å². The number of hydrogen-bond acceptors (Lipinski definition) is 3. The lowest BCUT2D eigenvalue weighted by atomic mass is 9.96. The number of rotatable bonds is 3. The summed E-state index contributed by atoms with van der Waals surface area (Å²) in [7, 11) is 0. The zero-order valence-corrected chi connectivity index (χ0v) is 21.4. The van der Waals surface area contributed by atoms with E-state index in [0.29, 0.717) is 47.6 Å². The largest absolute Gasteiger partial charge is 0.417 e. The molecule has 39 heavy (non-hydrogen) atoms. The number of halogens is 5. The quantitative estimate of drug-likeness (QED) is 0.248. The first-order chi connectivity index (χ1) is 18.5. The van der Waals surface area contributed by atoms with Gasteiger partial charge in [-0.15, -0.1) is 0 Å². The molecule has 0 unspecified atom stereocenters. The molecule has 0 radical (unpaired) electrons. The standard InChI is InChI=1S/C29H24F5N5/c1-15-5-4-6-16(2)26(15)39-27(20-12-22(30)17(3)25-19(20)7-9-35-25)21-14-38(10-8-24(21)37-39)28-23(31)11-18(13-36-28)29(32,33)34/h4-7,9,11-13,35H,8,10,14H2,1-3H3. The van der Waals surface area contributed by atoms with Crippen LogP contribution in [-0.4, -0.2) is 26.3 Å². The Bertz CT molecular complexity index is 1730. The molecule has 6 rings (SSSR count). The van der Waals surface area contributed by atoms with E-state index in [2.05, 4.69) is 9.97 Å². The molecule has 200 valence electrons. The van der Waals surface area contributed by atoms with E-state index in [1.165, 1.54) is 6.07 Å². The van der Waals surface area contributed by atoms with E-state index in [-0.39, 0.29) is 18.2 Å². The Morgan fingerprint density at radius 3 is 2.41 bits per heavy atom. The molecule has 0 saturated heterocycles. The number of aryl methyl sites for hydroxylation is 3. The molecule has 0 fully saturated rings. The molecule has 1 N–H and O–H groups in total. The Labute approximate surface area is 220 Å². The summed E-state index contributed by atoms with van der Waals surface area (Å²) in [5, 5.41) is 5.76. The zero-order valence-electron chi connectivity index (χ0n) is 21.4. The van der Waals surface area contributed by atoms with Gasteiger partial charge in [0.05, 0.1) is 28.2 Å². The maximum absolute atomic E-state index is 15.2. The van der Waals surface area contributed by atoms with E-state index >= 15 is 4.39 Å². The van der Waals surface area contributed by atoms with E-state index < -0.39 is 17.6 Å². The molecular weight excluding hydrogens is 513 g/mol. The highest BCUT2D eigenvalue weighted by Crippen LogP contribution is 2.40. The first kappa shape index (κ1) is 25.1. The summed E-state index contributed by atoms with van der Waals surface area (Å²) >= 11 is 0. The minimum absolute atomic E-state index is 0.145. The fourth-order valence-corrected chi connectivity index (χ4v) is 5.48. The van der Waals surface area contributed by atoms with Crippen LogP contribution in [-0.2, 0) is 19.1 Å². The first-order valence-electron chi connectivity index (χ1n) is 12.5. The van der Waals surface area contributed by atoms with E-state index in [4.69, 9.17) is 5.10 Å². The fraction of sp³-hybridized carbons (Fsp3) is 0.241. The van der Waals surface area contributed by atoms with Crippen molar-refractivity contribution in [2.45, 2.75) is 39.9 Å². The van der Waals surface area contributed by atoms with Crippen LogP contribution in [0.4, 0.5) is 27.8 Å². The summed E-state index contributed by atoms with van der Waals surface area (Å²) in [5.41, 5.74) is 5.60. The van der Waals surface area contributed by atoms with Gasteiger partial charge in [0.25, 0.3) is 0 Å². The van der Waals surface area contributed by atoms with Crippen molar-refractivity contribution in [3.63, 3.8) is 0 Å². The molecular formula is C29H24F5N5. The second-order valence-electron chi connectivity index (χ2n) is 9.92. The minimum Gasteiger partial charge on any atom is -0.361 e. The number of nitrogens with one attached hydrogen (secondary N) is 1. The number of aromatic amines is 1. The molecule has 1 aliphatic heterocycles. The maximum atomic E-state index is 15.2. The molecule has 2 aromatic carbocycles. The third kappa shape index (κ3) is 4.05. The monoisotopic (exact) mass is 537 g/mol. The van der Waals surface area contributed by atoms with Crippen LogP contribution in [0.15, 0.2) is 48.8 Å². The lowest BCUT2D eigenvalue weighted by Gasteiger charge is -2.28. The predicted molar refractivity (Wildman–Crippen MR) is 139 cm³/mol. The fourth-order valence-electron chi connectivity index (χ4n) is 5.48. The molecule has 0 amide bonds. The van der Waals surface area contributed by atoms with Gasteiger partial charge in [-0.1, -0.05) is 18.2 Å². The van der Waals surface area contributed by atoms with Gasteiger partial charge in [0.15, 0.2) is 11.6 Å². The highest BCUT2D eigenvalue weighted by atomic mass is 19.4. The Kier molecular flexibility index (Phi) is 5.74. The molecule has 3 aromatic heterocycles. The lowest BCUT2D eigenvalue weighted by Crippen LogP contribution is -2.32. The maximum Gasteiger partial charge on any atom is 0.417 e. The van der Waals surface area contributed by atoms with Gasteiger partial charge >= 0.3 is 6.18 Å². The molecule has 0 atom stereocenters. The number of para-hydroxylation sites is 1. The van der Waals surface area contributed by atoms with Gasteiger partial charge < -0.3 is 9.88 Å². The van der Waals surface area contributed by atoms with E-state index in [0.717, 1.165) is 33.5 Å². The Morgan fingerprint density at radius 1 is 0.974 bits per heavy atom. The van der Waals surface area contributed by atoms with Crippen molar-refractivity contribution in [2.24, 2.45) is 0 Å². The number of benzene rings is 2. The third-order valence-corrected chi connectivity index (χ3v) is 7.43. The summed E-state index contributed by atoms with van der Waals surface area (Å²) in [6, 6.07) is 9.74.